The molecule has 0 spiro atoms. The first-order valence-electron chi connectivity index (χ1n) is 5.13. The van der Waals surface area contributed by atoms with Crippen LogP contribution in [0.25, 0.3) is 0 Å². The molecule has 2 heterocycles. The van der Waals surface area contributed by atoms with Gasteiger partial charge in [0.2, 0.25) is 0 Å². The molecule has 2 N–H and O–H groups in total. The number of hydrogen-bond donors (Lipinski definition) is 2. The molecule has 0 aliphatic rings. The molecule has 0 bridgehead atoms. The Balaban J connectivity index is 1.92. The van der Waals surface area contributed by atoms with Crippen LogP contribution in [-0.2, 0) is 13.1 Å². The van der Waals surface area contributed by atoms with E-state index in [4.69, 9.17) is 4.42 Å². The highest BCUT2D eigenvalue weighted by Gasteiger charge is 2.02. The number of aromatic hydroxyl groups is 1. The van der Waals surface area contributed by atoms with Gasteiger partial charge in [0, 0.05) is 24.3 Å². The number of nitrogens with one attached hydrogen (secondary N) is 1. The summed E-state index contributed by atoms with van der Waals surface area (Å²) in [5.41, 5.74) is 2.65. The summed E-state index contributed by atoms with van der Waals surface area (Å²) < 4.78 is 4.96. The van der Waals surface area contributed by atoms with Gasteiger partial charge in [-0.1, -0.05) is 0 Å². The van der Waals surface area contributed by atoms with E-state index in [-0.39, 0.29) is 5.75 Å². The summed E-state index contributed by atoms with van der Waals surface area (Å²) in [6, 6.07) is 5.35. The van der Waals surface area contributed by atoms with Crippen molar-refractivity contribution in [2.45, 2.75) is 20.0 Å². The van der Waals surface area contributed by atoms with Crippen molar-refractivity contribution in [3.63, 3.8) is 0 Å². The van der Waals surface area contributed by atoms with Gasteiger partial charge in [-0.2, -0.15) is 0 Å². The molecule has 0 aromatic carbocycles. The molecule has 0 saturated carbocycles. The van der Waals surface area contributed by atoms with Crippen molar-refractivity contribution in [3.05, 3.63) is 47.7 Å². The lowest BCUT2D eigenvalue weighted by atomic mass is 10.2. The maximum atomic E-state index is 9.57. The molecule has 0 fully saturated rings. The van der Waals surface area contributed by atoms with Crippen LogP contribution in [0.4, 0.5) is 0 Å². The third-order valence-corrected chi connectivity index (χ3v) is 2.29. The van der Waals surface area contributed by atoms with Crippen molar-refractivity contribution in [1.82, 2.24) is 10.3 Å². The molecule has 16 heavy (non-hydrogen) atoms. The molecule has 84 valence electrons. The number of furan rings is 1. The molecule has 0 radical (unpaired) electrons. The molecule has 0 saturated heterocycles. The van der Waals surface area contributed by atoms with Gasteiger partial charge in [0.25, 0.3) is 0 Å². The van der Waals surface area contributed by atoms with Crippen LogP contribution in [0.15, 0.2) is 35.1 Å². The summed E-state index contributed by atoms with van der Waals surface area (Å²) in [5, 5.41) is 12.8. The molecule has 0 aliphatic carbocycles. The Hall–Kier alpha value is -1.81. The second-order valence-corrected chi connectivity index (χ2v) is 3.65. The first-order valence-corrected chi connectivity index (χ1v) is 5.13. The summed E-state index contributed by atoms with van der Waals surface area (Å²) in [6.45, 7) is 3.14. The van der Waals surface area contributed by atoms with Crippen molar-refractivity contribution in [2.75, 3.05) is 0 Å². The molecule has 4 heteroatoms. The molecule has 0 atom stereocenters. The van der Waals surface area contributed by atoms with E-state index in [0.29, 0.717) is 18.8 Å². The van der Waals surface area contributed by atoms with Gasteiger partial charge in [0.1, 0.15) is 5.75 Å². The normalized spacial score (nSPS) is 10.6. The van der Waals surface area contributed by atoms with Gasteiger partial charge in [-0.3, -0.25) is 4.98 Å². The summed E-state index contributed by atoms with van der Waals surface area (Å²) in [5.74, 6) is 0.227. The summed E-state index contributed by atoms with van der Waals surface area (Å²) in [6.07, 6.45) is 3.33. The van der Waals surface area contributed by atoms with Crippen molar-refractivity contribution in [1.29, 1.82) is 0 Å². The van der Waals surface area contributed by atoms with Crippen LogP contribution in [0.5, 0.6) is 5.75 Å². The Bertz CT molecular complexity index is 452. The number of pyridine rings is 1. The van der Waals surface area contributed by atoms with Crippen LogP contribution in [0.3, 0.4) is 0 Å². The summed E-state index contributed by atoms with van der Waals surface area (Å²) >= 11 is 0. The maximum Gasteiger partial charge on any atom is 0.138 e. The van der Waals surface area contributed by atoms with Gasteiger partial charge in [-0.25, -0.2) is 0 Å². The zero-order chi connectivity index (χ0) is 11.4. The molecule has 0 aliphatic heterocycles. The minimum Gasteiger partial charge on any atom is -0.506 e. The van der Waals surface area contributed by atoms with Crippen LogP contribution in [0, 0.1) is 6.92 Å². The quantitative estimate of drug-likeness (QED) is 0.823. The van der Waals surface area contributed by atoms with E-state index in [1.165, 1.54) is 0 Å². The van der Waals surface area contributed by atoms with E-state index in [9.17, 15) is 5.11 Å². The Morgan fingerprint density at radius 3 is 2.94 bits per heavy atom. The molecule has 2 aromatic rings. The number of hydrogen-bond acceptors (Lipinski definition) is 4. The topological polar surface area (TPSA) is 58.3 Å². The standard InChI is InChI=1S/C12H14N2O2/c1-9-2-3-12(15)11(14-9)7-13-6-10-4-5-16-8-10/h2-5,8,13,15H,6-7H2,1H3. The molecule has 2 rings (SSSR count). The van der Waals surface area contributed by atoms with Crippen LogP contribution in [-0.4, -0.2) is 10.1 Å². The third-order valence-electron chi connectivity index (χ3n) is 2.29. The Labute approximate surface area is 93.9 Å². The van der Waals surface area contributed by atoms with Crippen molar-refractivity contribution in [2.24, 2.45) is 0 Å². The van der Waals surface area contributed by atoms with Gasteiger partial charge < -0.3 is 14.8 Å². The fourth-order valence-corrected chi connectivity index (χ4v) is 1.45. The molecular formula is C12H14N2O2. The second kappa shape index (κ2) is 4.81. The fourth-order valence-electron chi connectivity index (χ4n) is 1.45. The Morgan fingerprint density at radius 2 is 2.19 bits per heavy atom. The molecule has 4 nitrogen and oxygen atoms in total. The van der Waals surface area contributed by atoms with Crippen molar-refractivity contribution in [3.8, 4) is 5.75 Å². The first-order chi connectivity index (χ1) is 7.75. The lowest BCUT2D eigenvalue weighted by Gasteiger charge is -2.05. The highest BCUT2D eigenvalue weighted by molar-refractivity contribution is 5.27. The van der Waals surface area contributed by atoms with Gasteiger partial charge in [-0.05, 0) is 25.1 Å². The lowest BCUT2D eigenvalue weighted by molar-refractivity contribution is 0.459. The number of aromatic nitrogens is 1. The minimum absolute atomic E-state index is 0.227. The zero-order valence-corrected chi connectivity index (χ0v) is 9.10. The van der Waals surface area contributed by atoms with E-state index >= 15 is 0 Å². The average molecular weight is 218 g/mol. The molecule has 0 unspecified atom stereocenters. The number of rotatable bonds is 4. The van der Waals surface area contributed by atoms with E-state index in [1.807, 2.05) is 13.0 Å². The largest absolute Gasteiger partial charge is 0.506 e. The van der Waals surface area contributed by atoms with E-state index in [2.05, 4.69) is 10.3 Å². The van der Waals surface area contributed by atoms with Crippen molar-refractivity contribution >= 4 is 0 Å². The molecular weight excluding hydrogens is 204 g/mol. The number of aryl methyl sites for hydroxylation is 1. The lowest BCUT2D eigenvalue weighted by Crippen LogP contribution is -2.13. The van der Waals surface area contributed by atoms with Crippen LogP contribution >= 0.6 is 0 Å². The summed E-state index contributed by atoms with van der Waals surface area (Å²) in [4.78, 5) is 4.26. The maximum absolute atomic E-state index is 9.57. The van der Waals surface area contributed by atoms with Crippen LogP contribution < -0.4 is 5.32 Å². The predicted molar refractivity (Wildman–Crippen MR) is 59.9 cm³/mol. The monoisotopic (exact) mass is 218 g/mol. The molecule has 2 aromatic heterocycles. The molecule has 0 amide bonds. The Morgan fingerprint density at radius 1 is 1.31 bits per heavy atom. The van der Waals surface area contributed by atoms with E-state index in [1.54, 1.807) is 24.7 Å². The van der Waals surface area contributed by atoms with E-state index in [0.717, 1.165) is 11.3 Å². The first kappa shape index (κ1) is 10.7. The third kappa shape index (κ3) is 2.61. The highest BCUT2D eigenvalue weighted by Crippen LogP contribution is 2.14. The number of nitrogens with zero attached hydrogens (tertiary/aromatic N) is 1. The van der Waals surface area contributed by atoms with Crippen LogP contribution in [0.2, 0.25) is 0 Å². The van der Waals surface area contributed by atoms with Crippen LogP contribution in [0.1, 0.15) is 17.0 Å². The van der Waals surface area contributed by atoms with Gasteiger partial charge in [0.05, 0.1) is 18.2 Å². The predicted octanol–water partition coefficient (Wildman–Crippen LogP) is 1.98. The van der Waals surface area contributed by atoms with Gasteiger partial charge in [0.15, 0.2) is 0 Å². The van der Waals surface area contributed by atoms with Gasteiger partial charge in [-0.15, -0.1) is 0 Å². The second-order valence-electron chi connectivity index (χ2n) is 3.65. The van der Waals surface area contributed by atoms with E-state index < -0.39 is 0 Å². The smallest absolute Gasteiger partial charge is 0.138 e. The minimum atomic E-state index is 0.227. The fraction of sp³-hybridized carbons (Fsp3) is 0.250. The summed E-state index contributed by atoms with van der Waals surface area (Å²) in [7, 11) is 0. The highest BCUT2D eigenvalue weighted by atomic mass is 16.3. The van der Waals surface area contributed by atoms with Gasteiger partial charge >= 0.3 is 0 Å². The van der Waals surface area contributed by atoms with Crippen molar-refractivity contribution < 1.29 is 9.52 Å². The Kier molecular flexibility index (Phi) is 3.22. The average Bonchev–Trinajstić information content (AvgIpc) is 2.76. The zero-order valence-electron chi connectivity index (χ0n) is 9.10. The SMILES string of the molecule is Cc1ccc(O)c(CNCc2ccoc2)n1.